The Hall–Kier alpha value is -1.30. The lowest BCUT2D eigenvalue weighted by Crippen LogP contribution is -1.90. The van der Waals surface area contributed by atoms with Crippen LogP contribution in [-0.4, -0.2) is 0 Å². The van der Waals surface area contributed by atoms with Gasteiger partial charge in [0.1, 0.15) is 0 Å². The van der Waals surface area contributed by atoms with Crippen LogP contribution in [0.15, 0.2) is 24.3 Å². The first-order valence-corrected chi connectivity index (χ1v) is 6.68. The van der Waals surface area contributed by atoms with E-state index < -0.39 is 0 Å². The van der Waals surface area contributed by atoms with Crippen LogP contribution in [0.2, 0.25) is 0 Å². The van der Waals surface area contributed by atoms with Gasteiger partial charge in [-0.15, -0.1) is 0 Å². The summed E-state index contributed by atoms with van der Waals surface area (Å²) in [5.41, 5.74) is 7.33. The first-order valence-electron chi connectivity index (χ1n) is 6.68. The van der Waals surface area contributed by atoms with Crippen LogP contribution in [0.3, 0.4) is 0 Å². The van der Waals surface area contributed by atoms with E-state index in [9.17, 15) is 0 Å². The molecule has 0 saturated carbocycles. The highest BCUT2D eigenvalue weighted by molar-refractivity contribution is 5.80. The van der Waals surface area contributed by atoms with Gasteiger partial charge in [0.2, 0.25) is 0 Å². The van der Waals surface area contributed by atoms with Crippen molar-refractivity contribution in [1.29, 1.82) is 0 Å². The summed E-state index contributed by atoms with van der Waals surface area (Å²) in [4.78, 5) is 0. The van der Waals surface area contributed by atoms with E-state index in [0.29, 0.717) is 0 Å². The zero-order valence-corrected chi connectivity index (χ0v) is 11.8. The molecule has 0 N–H and O–H groups in total. The highest BCUT2D eigenvalue weighted by Gasteiger charge is 2.18. The van der Waals surface area contributed by atoms with Gasteiger partial charge in [-0.1, -0.05) is 44.2 Å². The molecule has 0 unspecified atom stereocenters. The van der Waals surface area contributed by atoms with Crippen molar-refractivity contribution in [3.8, 4) is 0 Å². The van der Waals surface area contributed by atoms with Crippen LogP contribution in [0.4, 0.5) is 0 Å². The molecule has 92 valence electrons. The molecule has 1 aliphatic rings. The van der Waals surface area contributed by atoms with E-state index in [-0.39, 0.29) is 0 Å². The van der Waals surface area contributed by atoms with Crippen molar-refractivity contribution in [2.45, 2.75) is 47.5 Å². The Bertz CT molecular complexity index is 434. The number of hydrogen-bond donors (Lipinski definition) is 0. The van der Waals surface area contributed by atoms with E-state index in [0.717, 1.165) is 0 Å². The molecule has 1 aromatic carbocycles. The second-order valence-electron chi connectivity index (χ2n) is 4.14. The van der Waals surface area contributed by atoms with Gasteiger partial charge in [-0.2, -0.15) is 0 Å². The van der Waals surface area contributed by atoms with Gasteiger partial charge >= 0.3 is 0 Å². The fourth-order valence-electron chi connectivity index (χ4n) is 2.42. The van der Waals surface area contributed by atoms with Crippen molar-refractivity contribution in [1.82, 2.24) is 0 Å². The molecular weight excluding hydrogens is 204 g/mol. The Morgan fingerprint density at radius 3 is 2.35 bits per heavy atom. The summed E-state index contributed by atoms with van der Waals surface area (Å²) >= 11 is 0. The van der Waals surface area contributed by atoms with Crippen LogP contribution in [0, 0.1) is 6.92 Å². The first kappa shape index (κ1) is 13.8. The van der Waals surface area contributed by atoms with Crippen LogP contribution in [0.25, 0.3) is 11.6 Å². The lowest BCUT2D eigenvalue weighted by Gasteiger charge is -2.09. The third-order valence-electron chi connectivity index (χ3n) is 3.22. The molecule has 0 saturated heterocycles. The van der Waals surface area contributed by atoms with Crippen molar-refractivity contribution in [2.75, 3.05) is 0 Å². The molecule has 0 aliphatic heterocycles. The highest BCUT2D eigenvalue weighted by atomic mass is 14.2. The van der Waals surface area contributed by atoms with E-state index in [2.05, 4.69) is 51.1 Å². The van der Waals surface area contributed by atoms with Crippen LogP contribution < -0.4 is 0 Å². The van der Waals surface area contributed by atoms with Gasteiger partial charge < -0.3 is 0 Å². The molecule has 0 nitrogen and oxygen atoms in total. The number of hydrogen-bond acceptors (Lipinski definition) is 0. The molecule has 1 aliphatic carbocycles. The number of allylic oxidation sites excluding steroid dienone is 3. The van der Waals surface area contributed by atoms with Crippen molar-refractivity contribution < 1.29 is 0 Å². The maximum atomic E-state index is 2.29. The predicted octanol–water partition coefficient (Wildman–Crippen LogP) is 5.40. The van der Waals surface area contributed by atoms with Gasteiger partial charge in [-0.05, 0) is 61.4 Å². The Morgan fingerprint density at radius 2 is 1.76 bits per heavy atom. The summed E-state index contributed by atoms with van der Waals surface area (Å²) < 4.78 is 0. The van der Waals surface area contributed by atoms with Gasteiger partial charge in [0.05, 0.1) is 0 Å². The van der Waals surface area contributed by atoms with Crippen LogP contribution in [0.1, 0.15) is 56.4 Å². The van der Waals surface area contributed by atoms with Crippen LogP contribution in [-0.2, 0) is 6.42 Å². The fourth-order valence-corrected chi connectivity index (χ4v) is 2.42. The first-order chi connectivity index (χ1) is 8.27. The van der Waals surface area contributed by atoms with Crippen molar-refractivity contribution in [2.24, 2.45) is 0 Å². The van der Waals surface area contributed by atoms with E-state index in [4.69, 9.17) is 0 Å². The molecule has 0 bridgehead atoms. The number of rotatable bonds is 1. The molecule has 0 radical (unpaired) electrons. The highest BCUT2D eigenvalue weighted by Crippen LogP contribution is 2.36. The number of benzene rings is 1. The monoisotopic (exact) mass is 228 g/mol. The second kappa shape index (κ2) is 6.44. The summed E-state index contributed by atoms with van der Waals surface area (Å²) in [5, 5.41) is 0. The third-order valence-corrected chi connectivity index (χ3v) is 3.22. The van der Waals surface area contributed by atoms with Gasteiger partial charge in [-0.25, -0.2) is 0 Å². The van der Waals surface area contributed by atoms with Gasteiger partial charge in [0, 0.05) is 0 Å². The van der Waals surface area contributed by atoms with Crippen molar-refractivity contribution in [3.05, 3.63) is 46.5 Å². The van der Waals surface area contributed by atoms with Gasteiger partial charge in [0.15, 0.2) is 0 Å². The zero-order chi connectivity index (χ0) is 12.8. The molecule has 1 aromatic rings. The maximum absolute atomic E-state index is 2.29. The molecular formula is C17H24. The molecule has 0 amide bonds. The second-order valence-corrected chi connectivity index (χ2v) is 4.14. The largest absolute Gasteiger partial charge is 0.0870 e. The average molecular weight is 228 g/mol. The molecule has 0 heteroatoms. The van der Waals surface area contributed by atoms with Crippen molar-refractivity contribution >= 4 is 11.6 Å². The number of aryl methyl sites for hydroxylation is 2. The Kier molecular flexibility index (Phi) is 5.21. The Labute approximate surface area is 106 Å². The summed E-state index contributed by atoms with van der Waals surface area (Å²) in [5.74, 6) is 0. The van der Waals surface area contributed by atoms with Crippen LogP contribution in [0.5, 0.6) is 0 Å². The molecule has 17 heavy (non-hydrogen) atoms. The summed E-state index contributed by atoms with van der Waals surface area (Å²) in [6.07, 6.45) is 9.05. The lowest BCUT2D eigenvalue weighted by atomic mass is 9.95. The topological polar surface area (TPSA) is 0 Å². The average Bonchev–Trinajstić information content (AvgIpc) is 2.78. The summed E-state index contributed by atoms with van der Waals surface area (Å²) in [6, 6.07) is 4.53. The molecule has 0 heterocycles. The smallest absolute Gasteiger partial charge is 0.0120 e. The van der Waals surface area contributed by atoms with Gasteiger partial charge in [0.25, 0.3) is 0 Å². The van der Waals surface area contributed by atoms with E-state index >= 15 is 0 Å². The SMILES string of the molecule is C/C=C\c1c(C)ccc2c1/C(=C/C)CC2.CC. The number of fused-ring (bicyclic) bond motifs is 1. The Balaban J connectivity index is 0.000000686. The van der Waals surface area contributed by atoms with E-state index in [1.165, 1.54) is 40.7 Å². The lowest BCUT2D eigenvalue weighted by molar-refractivity contribution is 1.08. The maximum Gasteiger partial charge on any atom is -0.0120 e. The predicted molar refractivity (Wildman–Crippen MR) is 79.2 cm³/mol. The van der Waals surface area contributed by atoms with Crippen molar-refractivity contribution in [3.63, 3.8) is 0 Å². The molecule has 0 aromatic heterocycles. The molecule has 0 atom stereocenters. The van der Waals surface area contributed by atoms with E-state index in [1.54, 1.807) is 0 Å². The summed E-state index contributed by atoms with van der Waals surface area (Å²) in [6.45, 7) is 10.4. The van der Waals surface area contributed by atoms with Crippen LogP contribution >= 0.6 is 0 Å². The molecule has 0 fully saturated rings. The minimum atomic E-state index is 1.21. The van der Waals surface area contributed by atoms with Gasteiger partial charge in [-0.3, -0.25) is 0 Å². The van der Waals surface area contributed by atoms with E-state index in [1.807, 2.05) is 13.8 Å². The fraction of sp³-hybridized carbons (Fsp3) is 0.412. The molecule has 0 spiro atoms. The standard InChI is InChI=1S/C15H18.C2H6/c1-4-6-14-11(3)7-8-13-10-9-12(5-2)15(13)14;1-2/h4-8H,9-10H2,1-3H3;1-2H3/b6-4-,12-5+;. The quantitative estimate of drug-likeness (QED) is 0.603. The zero-order valence-electron chi connectivity index (χ0n) is 11.8. The normalized spacial score (nSPS) is 15.9. The molecule has 2 rings (SSSR count). The summed E-state index contributed by atoms with van der Waals surface area (Å²) in [7, 11) is 0. The minimum Gasteiger partial charge on any atom is -0.0870 e. The Morgan fingerprint density at radius 1 is 1.06 bits per heavy atom. The minimum absolute atomic E-state index is 1.21. The third kappa shape index (κ3) is 2.69.